The van der Waals surface area contributed by atoms with Gasteiger partial charge in [-0.05, 0) is 57.9 Å². The summed E-state index contributed by atoms with van der Waals surface area (Å²) < 4.78 is 47.4. The third-order valence-corrected chi connectivity index (χ3v) is 8.19. The molecule has 0 unspecified atom stereocenters. The van der Waals surface area contributed by atoms with Crippen LogP contribution in [0.5, 0.6) is 5.75 Å². The fourth-order valence-electron chi connectivity index (χ4n) is 5.95. The number of halogens is 4. The second kappa shape index (κ2) is 9.08. The largest absolute Gasteiger partial charge is 0.496 e. The molecule has 2 fully saturated rings. The molecule has 0 N–H and O–H groups in total. The highest BCUT2D eigenvalue weighted by atomic mass is 79.9. The van der Waals surface area contributed by atoms with Crippen molar-refractivity contribution in [2.45, 2.75) is 18.3 Å². The van der Waals surface area contributed by atoms with Crippen molar-refractivity contribution in [1.29, 1.82) is 0 Å². The molecular weight excluding hydrogens is 577 g/mol. The van der Waals surface area contributed by atoms with Crippen LogP contribution in [0, 0.1) is 11.8 Å². The Labute approximate surface area is 229 Å². The predicted molar refractivity (Wildman–Crippen MR) is 141 cm³/mol. The topological polar surface area (TPSA) is 66.9 Å². The van der Waals surface area contributed by atoms with Crippen LogP contribution in [0.1, 0.15) is 21.5 Å². The number of fused-ring (bicyclic) bond motifs is 5. The zero-order chi connectivity index (χ0) is 27.6. The van der Waals surface area contributed by atoms with Gasteiger partial charge in [0.05, 0.1) is 40.7 Å². The average molecular weight is 597 g/mol. The minimum absolute atomic E-state index is 0.272. The van der Waals surface area contributed by atoms with Crippen LogP contribution in [0.25, 0.3) is 6.08 Å². The Kier molecular flexibility index (Phi) is 5.91. The number of hydrogen-bond acceptors (Lipinski definition) is 5. The van der Waals surface area contributed by atoms with Gasteiger partial charge in [0.1, 0.15) is 11.8 Å². The van der Waals surface area contributed by atoms with Gasteiger partial charge in [-0.25, -0.2) is 4.90 Å². The summed E-state index contributed by atoms with van der Waals surface area (Å²) >= 11 is 3.39. The van der Waals surface area contributed by atoms with E-state index in [0.717, 1.165) is 17.7 Å². The smallest absolute Gasteiger partial charge is 0.418 e. The number of ketones is 1. The first-order chi connectivity index (χ1) is 18.6. The standard InChI is InChI=1S/C29H20BrF3N2O4/c1-39-22-13-11-16(14-18(22)30)26(36)25-24-23(21-12-10-15-6-2-4-8-19(15)34(21)25)27(37)35(28(24)38)20-9-5-3-7-17(20)29(31,32)33/h2-14,21,23-25H,1H3/t21-,23-,24-,25-/m1/s1. The molecule has 3 heterocycles. The zero-order valence-corrected chi connectivity index (χ0v) is 21.9. The van der Waals surface area contributed by atoms with E-state index in [1.807, 2.05) is 24.3 Å². The molecule has 3 aliphatic rings. The number of ether oxygens (including phenoxy) is 1. The SMILES string of the molecule is COc1ccc(C(=O)[C@H]2[C@@H]3C(=O)N(c4ccccc4C(F)(F)F)C(=O)[C@@H]3[C@H]3C=Cc4ccccc4N32)cc1Br. The number of benzene rings is 3. The van der Waals surface area contributed by atoms with Crippen LogP contribution < -0.4 is 14.5 Å². The van der Waals surface area contributed by atoms with Gasteiger partial charge in [0.2, 0.25) is 11.8 Å². The van der Waals surface area contributed by atoms with Crippen molar-refractivity contribution in [2.24, 2.45) is 11.8 Å². The summed E-state index contributed by atoms with van der Waals surface area (Å²) in [5, 5.41) is 0. The molecule has 6 nitrogen and oxygen atoms in total. The number of alkyl halides is 3. The van der Waals surface area contributed by atoms with Crippen molar-refractivity contribution in [3.63, 3.8) is 0 Å². The van der Waals surface area contributed by atoms with Crippen molar-refractivity contribution in [2.75, 3.05) is 16.9 Å². The van der Waals surface area contributed by atoms with Gasteiger partial charge in [0.25, 0.3) is 0 Å². The van der Waals surface area contributed by atoms with Crippen LogP contribution >= 0.6 is 15.9 Å². The summed E-state index contributed by atoms with van der Waals surface area (Å²) in [6.45, 7) is 0. The highest BCUT2D eigenvalue weighted by Gasteiger charge is 2.64. The number of hydrogen-bond donors (Lipinski definition) is 0. The van der Waals surface area contributed by atoms with E-state index in [1.54, 1.807) is 35.2 Å². The number of rotatable bonds is 4. The maximum absolute atomic E-state index is 14.1. The van der Waals surface area contributed by atoms with Crippen LogP contribution in [0.4, 0.5) is 24.5 Å². The third kappa shape index (κ3) is 3.80. The molecule has 0 aromatic heterocycles. The number of imide groups is 1. The number of Topliss-reactive ketones (excluding diaryl/α,β-unsaturated/α-hetero) is 1. The molecule has 4 atom stereocenters. The van der Waals surface area contributed by atoms with Gasteiger partial charge in [0.15, 0.2) is 5.78 Å². The second-order valence-electron chi connectivity index (χ2n) is 9.55. The molecule has 0 spiro atoms. The van der Waals surface area contributed by atoms with Crippen LogP contribution in [-0.2, 0) is 15.8 Å². The molecule has 0 aliphatic carbocycles. The number of para-hydroxylation sites is 2. The summed E-state index contributed by atoms with van der Waals surface area (Å²) in [6.07, 6.45) is -1.22. The molecule has 0 saturated carbocycles. The van der Waals surface area contributed by atoms with Crippen LogP contribution in [-0.4, -0.2) is 36.8 Å². The lowest BCUT2D eigenvalue weighted by atomic mass is 9.86. The molecule has 0 bridgehead atoms. The second-order valence-corrected chi connectivity index (χ2v) is 10.4. The van der Waals surface area contributed by atoms with E-state index < -0.39 is 58.9 Å². The first-order valence-electron chi connectivity index (χ1n) is 12.1. The highest BCUT2D eigenvalue weighted by Crippen LogP contribution is 2.51. The normalized spacial score (nSPS) is 23.5. The number of nitrogens with zero attached hydrogens (tertiary/aromatic N) is 2. The van der Waals surface area contributed by atoms with Crippen LogP contribution in [0.3, 0.4) is 0 Å². The first-order valence-corrected chi connectivity index (χ1v) is 12.9. The van der Waals surface area contributed by atoms with Gasteiger partial charge < -0.3 is 9.64 Å². The number of methoxy groups -OCH3 is 1. The Balaban J connectivity index is 1.50. The monoisotopic (exact) mass is 596 g/mol. The maximum Gasteiger partial charge on any atom is 0.418 e. The van der Waals surface area contributed by atoms with Gasteiger partial charge in [-0.2, -0.15) is 13.2 Å². The van der Waals surface area contributed by atoms with Gasteiger partial charge in [-0.1, -0.05) is 42.5 Å². The minimum atomic E-state index is -4.78. The van der Waals surface area contributed by atoms with Gasteiger partial charge >= 0.3 is 6.18 Å². The molecule has 198 valence electrons. The molecule has 3 aliphatic heterocycles. The van der Waals surface area contributed by atoms with E-state index in [0.29, 0.717) is 20.8 Å². The molecule has 0 radical (unpaired) electrons. The lowest BCUT2D eigenvalue weighted by molar-refractivity contribution is -0.137. The zero-order valence-electron chi connectivity index (χ0n) is 20.4. The minimum Gasteiger partial charge on any atom is -0.496 e. The first kappa shape index (κ1) is 25.4. The van der Waals surface area contributed by atoms with E-state index >= 15 is 0 Å². The summed E-state index contributed by atoms with van der Waals surface area (Å²) in [5.74, 6) is -3.73. The Morgan fingerprint density at radius 3 is 2.28 bits per heavy atom. The molecule has 2 amide bonds. The summed E-state index contributed by atoms with van der Waals surface area (Å²) in [6, 6.07) is 14.7. The number of amides is 2. The molecular formula is C29H20BrF3N2O4. The maximum atomic E-state index is 14.1. The Bertz CT molecular complexity index is 1570. The van der Waals surface area contributed by atoms with E-state index in [2.05, 4.69) is 15.9 Å². The summed E-state index contributed by atoms with van der Waals surface area (Å²) in [5.41, 5.74) is 0.137. The van der Waals surface area contributed by atoms with Crippen molar-refractivity contribution in [3.05, 3.63) is 94.0 Å². The average Bonchev–Trinajstić information content (AvgIpc) is 3.40. The molecule has 6 rings (SSSR count). The predicted octanol–water partition coefficient (Wildman–Crippen LogP) is 5.75. The summed E-state index contributed by atoms with van der Waals surface area (Å²) in [7, 11) is 1.49. The molecule has 3 aromatic rings. The Morgan fingerprint density at radius 1 is 0.923 bits per heavy atom. The van der Waals surface area contributed by atoms with Crippen molar-refractivity contribution < 1.29 is 32.3 Å². The van der Waals surface area contributed by atoms with Crippen molar-refractivity contribution >= 4 is 51.0 Å². The molecule has 39 heavy (non-hydrogen) atoms. The number of carbonyl (C=O) groups is 3. The van der Waals surface area contributed by atoms with Crippen LogP contribution in [0.2, 0.25) is 0 Å². The highest BCUT2D eigenvalue weighted by molar-refractivity contribution is 9.10. The number of anilines is 2. The fraction of sp³-hybridized carbons (Fsp3) is 0.207. The van der Waals surface area contributed by atoms with Gasteiger partial charge in [-0.15, -0.1) is 0 Å². The third-order valence-electron chi connectivity index (χ3n) is 7.57. The molecule has 10 heteroatoms. The van der Waals surface area contributed by atoms with E-state index in [-0.39, 0.29) is 5.56 Å². The lowest BCUT2D eigenvalue weighted by Crippen LogP contribution is -2.49. The van der Waals surface area contributed by atoms with Gasteiger partial charge in [-0.3, -0.25) is 14.4 Å². The lowest BCUT2D eigenvalue weighted by Gasteiger charge is -2.36. The van der Waals surface area contributed by atoms with Crippen molar-refractivity contribution in [3.8, 4) is 5.75 Å². The quantitative estimate of drug-likeness (QED) is 0.283. The molecule has 2 saturated heterocycles. The van der Waals surface area contributed by atoms with Gasteiger partial charge in [0, 0.05) is 11.3 Å². The summed E-state index contributed by atoms with van der Waals surface area (Å²) in [4.78, 5) is 44.3. The van der Waals surface area contributed by atoms with E-state index in [1.165, 1.54) is 19.2 Å². The van der Waals surface area contributed by atoms with Crippen molar-refractivity contribution in [1.82, 2.24) is 0 Å². The fourth-order valence-corrected chi connectivity index (χ4v) is 6.49. The number of carbonyl (C=O) groups excluding carboxylic acids is 3. The molecule has 3 aromatic carbocycles. The van der Waals surface area contributed by atoms with E-state index in [9.17, 15) is 27.6 Å². The van der Waals surface area contributed by atoms with E-state index in [4.69, 9.17) is 4.74 Å². The Morgan fingerprint density at radius 2 is 1.59 bits per heavy atom. The Hall–Kier alpha value is -3.92. The van der Waals surface area contributed by atoms with Crippen LogP contribution in [0.15, 0.2) is 77.3 Å².